The molecule has 0 saturated carbocycles. The second kappa shape index (κ2) is 10.9. The fourth-order valence-corrected chi connectivity index (χ4v) is 3.79. The van der Waals surface area contributed by atoms with Gasteiger partial charge in [0.15, 0.2) is 0 Å². The fourth-order valence-electron chi connectivity index (χ4n) is 3.79. The SMILES string of the molecule is C/N=C(/N)c1c(Cc2cccc(C)c2)nn(C(C)(C)CNC(=O)OCc2ccccc2)c1NC. The minimum atomic E-state index is -0.572. The van der Waals surface area contributed by atoms with E-state index in [9.17, 15) is 4.79 Å². The van der Waals surface area contributed by atoms with Crippen molar-refractivity contribution in [3.05, 3.63) is 82.5 Å². The van der Waals surface area contributed by atoms with Crippen LogP contribution in [0.2, 0.25) is 0 Å². The number of nitrogens with one attached hydrogen (secondary N) is 2. The molecule has 0 aliphatic rings. The highest BCUT2D eigenvalue weighted by atomic mass is 16.5. The monoisotopic (exact) mass is 462 g/mol. The van der Waals surface area contributed by atoms with Crippen molar-refractivity contribution in [3.8, 4) is 0 Å². The van der Waals surface area contributed by atoms with Gasteiger partial charge in [-0.25, -0.2) is 9.48 Å². The smallest absolute Gasteiger partial charge is 0.407 e. The molecular weight excluding hydrogens is 428 g/mol. The average Bonchev–Trinajstić information content (AvgIpc) is 3.20. The number of hydrogen-bond donors (Lipinski definition) is 3. The first-order chi connectivity index (χ1) is 16.2. The number of nitrogens with zero attached hydrogens (tertiary/aromatic N) is 3. The Morgan fingerprint density at radius 2 is 1.85 bits per heavy atom. The van der Waals surface area contributed by atoms with Gasteiger partial charge in [-0.3, -0.25) is 4.99 Å². The van der Waals surface area contributed by atoms with Gasteiger partial charge < -0.3 is 21.1 Å². The lowest BCUT2D eigenvalue weighted by atomic mass is 10.0. The second-order valence-corrected chi connectivity index (χ2v) is 8.83. The van der Waals surface area contributed by atoms with Gasteiger partial charge >= 0.3 is 6.09 Å². The predicted octanol–water partition coefficient (Wildman–Crippen LogP) is 3.82. The van der Waals surface area contributed by atoms with Crippen LogP contribution in [0.25, 0.3) is 0 Å². The maximum Gasteiger partial charge on any atom is 0.407 e. The fraction of sp³-hybridized carbons (Fsp3) is 0.346. The van der Waals surface area contributed by atoms with Crippen molar-refractivity contribution in [3.63, 3.8) is 0 Å². The molecule has 34 heavy (non-hydrogen) atoms. The summed E-state index contributed by atoms with van der Waals surface area (Å²) in [5.74, 6) is 1.15. The largest absolute Gasteiger partial charge is 0.445 e. The van der Waals surface area contributed by atoms with Crippen molar-refractivity contribution in [2.45, 2.75) is 39.3 Å². The molecule has 0 unspecified atom stereocenters. The minimum Gasteiger partial charge on any atom is -0.445 e. The molecule has 4 N–H and O–H groups in total. The number of carbonyl (C=O) groups excluding carboxylic acids is 1. The Hall–Kier alpha value is -3.81. The van der Waals surface area contributed by atoms with Gasteiger partial charge in [-0.2, -0.15) is 5.10 Å². The molecule has 0 fully saturated rings. The van der Waals surface area contributed by atoms with Crippen molar-refractivity contribution >= 4 is 17.7 Å². The maximum atomic E-state index is 12.3. The van der Waals surface area contributed by atoms with Crippen LogP contribution in [-0.2, 0) is 23.3 Å². The van der Waals surface area contributed by atoms with Crippen LogP contribution >= 0.6 is 0 Å². The molecule has 8 heteroatoms. The summed E-state index contributed by atoms with van der Waals surface area (Å²) in [6.07, 6.45) is 0.127. The van der Waals surface area contributed by atoms with Crippen LogP contribution in [0.3, 0.4) is 0 Å². The number of alkyl carbamates (subject to hydrolysis) is 1. The summed E-state index contributed by atoms with van der Waals surface area (Å²) in [5, 5.41) is 11.0. The van der Waals surface area contributed by atoms with E-state index in [0.717, 1.165) is 28.2 Å². The Labute approximate surface area is 201 Å². The van der Waals surface area contributed by atoms with Crippen LogP contribution in [0.5, 0.6) is 0 Å². The second-order valence-electron chi connectivity index (χ2n) is 8.83. The number of carbonyl (C=O) groups is 1. The van der Waals surface area contributed by atoms with Crippen LogP contribution in [0.4, 0.5) is 10.6 Å². The number of aliphatic imine (C=N–C) groups is 1. The number of hydrogen-bond acceptors (Lipinski definition) is 5. The minimum absolute atomic E-state index is 0.213. The van der Waals surface area contributed by atoms with Crippen LogP contribution in [0, 0.1) is 6.92 Å². The van der Waals surface area contributed by atoms with Crippen LogP contribution < -0.4 is 16.4 Å². The van der Waals surface area contributed by atoms with Gasteiger partial charge in [0, 0.05) is 27.1 Å². The van der Waals surface area contributed by atoms with E-state index in [4.69, 9.17) is 15.6 Å². The van der Waals surface area contributed by atoms with Crippen molar-refractivity contribution in [2.75, 3.05) is 26.0 Å². The third kappa shape index (κ3) is 5.95. The molecule has 2 aromatic carbocycles. The van der Waals surface area contributed by atoms with E-state index in [1.807, 2.05) is 62.0 Å². The van der Waals surface area contributed by atoms with E-state index < -0.39 is 11.6 Å². The van der Waals surface area contributed by atoms with Gasteiger partial charge in [0.25, 0.3) is 0 Å². The molecule has 0 radical (unpaired) electrons. The van der Waals surface area contributed by atoms with E-state index in [1.165, 1.54) is 5.56 Å². The lowest BCUT2D eigenvalue weighted by Crippen LogP contribution is -2.42. The summed E-state index contributed by atoms with van der Waals surface area (Å²) >= 11 is 0. The van der Waals surface area contributed by atoms with E-state index in [-0.39, 0.29) is 6.61 Å². The molecule has 3 rings (SSSR count). The Balaban J connectivity index is 1.82. The highest BCUT2D eigenvalue weighted by molar-refractivity contribution is 6.03. The maximum absolute atomic E-state index is 12.3. The summed E-state index contributed by atoms with van der Waals surface area (Å²) in [6, 6.07) is 17.9. The number of ether oxygens (including phenoxy) is 1. The summed E-state index contributed by atoms with van der Waals surface area (Å²) in [5.41, 5.74) is 10.6. The van der Waals surface area contributed by atoms with Gasteiger partial charge in [-0.05, 0) is 31.9 Å². The number of rotatable bonds is 9. The number of aromatic nitrogens is 2. The summed E-state index contributed by atoms with van der Waals surface area (Å²) < 4.78 is 7.22. The molecule has 0 bridgehead atoms. The van der Waals surface area contributed by atoms with Crippen molar-refractivity contribution < 1.29 is 9.53 Å². The molecule has 8 nitrogen and oxygen atoms in total. The number of anilines is 1. The highest BCUT2D eigenvalue weighted by Crippen LogP contribution is 2.28. The Kier molecular flexibility index (Phi) is 7.94. The van der Waals surface area contributed by atoms with Crippen molar-refractivity contribution in [1.82, 2.24) is 15.1 Å². The van der Waals surface area contributed by atoms with E-state index in [1.54, 1.807) is 7.05 Å². The van der Waals surface area contributed by atoms with Gasteiger partial charge in [0.1, 0.15) is 18.3 Å². The zero-order valence-electron chi connectivity index (χ0n) is 20.6. The van der Waals surface area contributed by atoms with Crippen molar-refractivity contribution in [2.24, 2.45) is 10.7 Å². The van der Waals surface area contributed by atoms with Crippen LogP contribution in [0.15, 0.2) is 59.6 Å². The zero-order valence-corrected chi connectivity index (χ0v) is 20.6. The number of amides is 1. The van der Waals surface area contributed by atoms with Gasteiger partial charge in [-0.1, -0.05) is 60.2 Å². The first kappa shape index (κ1) is 24.8. The molecular formula is C26H34N6O2. The van der Waals surface area contributed by atoms with Crippen LogP contribution in [0.1, 0.15) is 41.8 Å². The highest BCUT2D eigenvalue weighted by Gasteiger charge is 2.30. The summed E-state index contributed by atoms with van der Waals surface area (Å²) in [6.45, 7) is 6.58. The Morgan fingerprint density at radius 3 is 2.50 bits per heavy atom. The molecule has 3 aromatic rings. The predicted molar refractivity (Wildman–Crippen MR) is 136 cm³/mol. The lowest BCUT2D eigenvalue weighted by molar-refractivity contribution is 0.134. The number of amidine groups is 1. The normalized spacial score (nSPS) is 11.9. The Bertz CT molecular complexity index is 1150. The van der Waals surface area contributed by atoms with E-state index >= 15 is 0 Å². The molecule has 180 valence electrons. The van der Waals surface area contributed by atoms with E-state index in [0.29, 0.717) is 18.8 Å². The van der Waals surface area contributed by atoms with Crippen molar-refractivity contribution in [1.29, 1.82) is 0 Å². The summed E-state index contributed by atoms with van der Waals surface area (Å²) in [7, 11) is 3.49. The van der Waals surface area contributed by atoms with Gasteiger partial charge in [-0.15, -0.1) is 0 Å². The zero-order chi connectivity index (χ0) is 24.7. The van der Waals surface area contributed by atoms with Gasteiger partial charge in [0.05, 0.1) is 16.8 Å². The first-order valence-electron chi connectivity index (χ1n) is 11.3. The molecule has 0 aliphatic carbocycles. The number of benzene rings is 2. The molecule has 1 heterocycles. The average molecular weight is 463 g/mol. The third-order valence-corrected chi connectivity index (χ3v) is 5.60. The quantitative estimate of drug-likeness (QED) is 0.331. The molecule has 0 saturated heterocycles. The standard InChI is InChI=1S/C26H34N6O2/c1-18-10-9-13-20(14-18)15-21-22(23(27)28-4)24(29-5)32(31-21)26(2,3)17-30-25(33)34-16-19-11-7-6-8-12-19/h6-14,29H,15-17H2,1-5H3,(H2,27,28)(H,30,33). The topological polar surface area (TPSA) is 107 Å². The van der Waals surface area contributed by atoms with E-state index in [2.05, 4.69) is 40.7 Å². The Morgan fingerprint density at radius 1 is 1.15 bits per heavy atom. The molecule has 1 amide bonds. The van der Waals surface area contributed by atoms with Crippen LogP contribution in [-0.4, -0.2) is 42.3 Å². The first-order valence-corrected chi connectivity index (χ1v) is 11.3. The number of aryl methyl sites for hydroxylation is 1. The molecule has 0 spiro atoms. The molecule has 1 aromatic heterocycles. The lowest BCUT2D eigenvalue weighted by Gasteiger charge is -2.27. The van der Waals surface area contributed by atoms with Gasteiger partial charge in [0.2, 0.25) is 0 Å². The summed E-state index contributed by atoms with van der Waals surface area (Å²) in [4.78, 5) is 16.6. The third-order valence-electron chi connectivity index (χ3n) is 5.60. The molecule has 0 aliphatic heterocycles. The number of nitrogens with two attached hydrogens (primary N) is 1. The molecule has 0 atom stereocenters.